The summed E-state index contributed by atoms with van der Waals surface area (Å²) in [6, 6.07) is 4.07. The number of halogens is 1. The van der Waals surface area contributed by atoms with E-state index in [0.717, 1.165) is 0 Å². The number of hydrogen-bond donors (Lipinski definition) is 3. The Balaban J connectivity index is 1.78. The first-order valence-corrected chi connectivity index (χ1v) is 7.36. The maximum atomic E-state index is 14.5. The molecule has 3 N–H and O–H groups in total. The average Bonchev–Trinajstić information content (AvgIpc) is 2.81. The molecule has 1 fully saturated rings. The van der Waals surface area contributed by atoms with Gasteiger partial charge in [-0.15, -0.1) is 0 Å². The molecule has 0 bridgehead atoms. The first-order valence-electron chi connectivity index (χ1n) is 7.36. The Kier molecular flexibility index (Phi) is 4.45. The molecule has 2 aromatic rings. The van der Waals surface area contributed by atoms with Gasteiger partial charge in [-0.25, -0.2) is 4.39 Å². The third-order valence-corrected chi connectivity index (χ3v) is 3.72. The number of amides is 1. The Morgan fingerprint density at radius 3 is 2.42 bits per heavy atom. The molecule has 1 aliphatic rings. The van der Waals surface area contributed by atoms with Crippen molar-refractivity contribution in [3.8, 4) is 0 Å². The number of ether oxygens (including phenoxy) is 2. The fourth-order valence-electron chi connectivity index (χ4n) is 2.43. The summed E-state index contributed by atoms with van der Waals surface area (Å²) >= 11 is 0. The maximum absolute atomic E-state index is 14.5. The van der Waals surface area contributed by atoms with Gasteiger partial charge in [0.05, 0.1) is 43.7 Å². The SMILES string of the molecule is O=C(NCC1(F)COCCOC1)c1ccc2c(=O)[nH][nH]c(=O)c2c1. The zero-order valence-electron chi connectivity index (χ0n) is 12.7. The number of carbonyl (C=O) groups is 1. The van der Waals surface area contributed by atoms with E-state index in [-0.39, 0.29) is 36.1 Å². The van der Waals surface area contributed by atoms with E-state index in [4.69, 9.17) is 9.47 Å². The van der Waals surface area contributed by atoms with E-state index >= 15 is 0 Å². The van der Waals surface area contributed by atoms with Gasteiger partial charge in [0.2, 0.25) is 0 Å². The van der Waals surface area contributed by atoms with E-state index in [9.17, 15) is 18.8 Å². The minimum Gasteiger partial charge on any atom is -0.376 e. The van der Waals surface area contributed by atoms with Crippen molar-refractivity contribution in [3.63, 3.8) is 0 Å². The first kappa shape index (κ1) is 16.3. The molecule has 3 rings (SSSR count). The van der Waals surface area contributed by atoms with Crippen molar-refractivity contribution in [3.05, 3.63) is 44.5 Å². The Hall–Kier alpha value is -2.52. The molecular weight excluding hydrogens is 321 g/mol. The summed E-state index contributed by atoms with van der Waals surface area (Å²) in [4.78, 5) is 35.6. The van der Waals surface area contributed by atoms with Crippen LogP contribution >= 0.6 is 0 Å². The van der Waals surface area contributed by atoms with Crippen LogP contribution in [0.15, 0.2) is 27.8 Å². The number of hydrogen-bond acceptors (Lipinski definition) is 5. The van der Waals surface area contributed by atoms with Crippen LogP contribution in [-0.4, -0.2) is 54.7 Å². The molecule has 2 heterocycles. The minimum atomic E-state index is -1.81. The standard InChI is InChI=1S/C15H16FN3O5/c16-15(7-23-3-4-24-8-15)6-17-12(20)9-1-2-10-11(5-9)14(22)19-18-13(10)21/h1-2,5H,3-4,6-8H2,(H,17,20)(H,18,21)(H,19,22). The van der Waals surface area contributed by atoms with Gasteiger partial charge in [0, 0.05) is 5.56 Å². The number of rotatable bonds is 3. The van der Waals surface area contributed by atoms with E-state index in [1.54, 1.807) is 0 Å². The van der Waals surface area contributed by atoms with Crippen molar-refractivity contribution in [2.45, 2.75) is 5.67 Å². The topological polar surface area (TPSA) is 113 Å². The second-order valence-corrected chi connectivity index (χ2v) is 5.61. The fourth-order valence-corrected chi connectivity index (χ4v) is 2.43. The molecule has 1 aromatic heterocycles. The van der Waals surface area contributed by atoms with Crippen LogP contribution in [0.3, 0.4) is 0 Å². The lowest BCUT2D eigenvalue weighted by Gasteiger charge is -2.22. The fraction of sp³-hybridized carbons (Fsp3) is 0.400. The van der Waals surface area contributed by atoms with Crippen molar-refractivity contribution >= 4 is 16.7 Å². The molecule has 8 nitrogen and oxygen atoms in total. The van der Waals surface area contributed by atoms with Gasteiger partial charge in [0.1, 0.15) is 0 Å². The van der Waals surface area contributed by atoms with Crippen LogP contribution in [0.2, 0.25) is 0 Å². The van der Waals surface area contributed by atoms with Crippen LogP contribution in [0.5, 0.6) is 0 Å². The van der Waals surface area contributed by atoms with Crippen molar-refractivity contribution < 1.29 is 18.7 Å². The highest BCUT2D eigenvalue weighted by Crippen LogP contribution is 2.15. The highest BCUT2D eigenvalue weighted by molar-refractivity contribution is 5.98. The Morgan fingerprint density at radius 2 is 1.75 bits per heavy atom. The summed E-state index contributed by atoms with van der Waals surface area (Å²) in [5.41, 5.74) is -2.64. The molecule has 0 unspecified atom stereocenters. The summed E-state index contributed by atoms with van der Waals surface area (Å²) in [5, 5.41) is 7.11. The molecule has 0 saturated carbocycles. The monoisotopic (exact) mass is 337 g/mol. The number of fused-ring (bicyclic) bond motifs is 1. The van der Waals surface area contributed by atoms with Gasteiger partial charge in [0.25, 0.3) is 17.0 Å². The van der Waals surface area contributed by atoms with Crippen LogP contribution in [0, 0.1) is 0 Å². The molecular formula is C15H16FN3O5. The number of aromatic amines is 2. The number of carbonyl (C=O) groups excluding carboxylic acids is 1. The molecule has 0 radical (unpaired) electrons. The summed E-state index contributed by atoms with van der Waals surface area (Å²) in [6.07, 6.45) is 0. The van der Waals surface area contributed by atoms with E-state index < -0.39 is 22.7 Å². The molecule has 1 saturated heterocycles. The van der Waals surface area contributed by atoms with Gasteiger partial charge in [-0.2, -0.15) is 0 Å². The van der Waals surface area contributed by atoms with Crippen molar-refractivity contribution in [1.29, 1.82) is 0 Å². The van der Waals surface area contributed by atoms with Gasteiger partial charge in [-0.3, -0.25) is 24.6 Å². The zero-order chi connectivity index (χ0) is 17.2. The van der Waals surface area contributed by atoms with Crippen LogP contribution in [-0.2, 0) is 9.47 Å². The van der Waals surface area contributed by atoms with Crippen LogP contribution in [0.4, 0.5) is 4.39 Å². The van der Waals surface area contributed by atoms with E-state index in [2.05, 4.69) is 15.5 Å². The van der Waals surface area contributed by atoms with Crippen molar-refractivity contribution in [2.75, 3.05) is 33.0 Å². The second-order valence-electron chi connectivity index (χ2n) is 5.61. The molecule has 0 spiro atoms. The predicted octanol–water partition coefficient (Wildman–Crippen LogP) is -0.299. The summed E-state index contributed by atoms with van der Waals surface area (Å²) in [5.74, 6) is -0.558. The maximum Gasteiger partial charge on any atom is 0.270 e. The summed E-state index contributed by atoms with van der Waals surface area (Å²) in [6.45, 7) is -0.00107. The number of H-pyrrole nitrogens is 2. The van der Waals surface area contributed by atoms with Crippen molar-refractivity contribution in [2.24, 2.45) is 0 Å². The average molecular weight is 337 g/mol. The highest BCUT2D eigenvalue weighted by atomic mass is 19.1. The van der Waals surface area contributed by atoms with E-state index in [1.807, 2.05) is 0 Å². The number of benzene rings is 1. The molecule has 1 amide bonds. The van der Waals surface area contributed by atoms with Crippen LogP contribution in [0.25, 0.3) is 10.8 Å². The molecule has 0 aliphatic carbocycles. The molecule has 24 heavy (non-hydrogen) atoms. The zero-order valence-corrected chi connectivity index (χ0v) is 12.7. The third kappa shape index (κ3) is 3.36. The molecule has 0 atom stereocenters. The Bertz CT molecular complexity index is 867. The lowest BCUT2D eigenvalue weighted by Crippen LogP contribution is -2.45. The van der Waals surface area contributed by atoms with Gasteiger partial charge in [-0.1, -0.05) is 0 Å². The summed E-state index contributed by atoms with van der Waals surface area (Å²) in [7, 11) is 0. The number of alkyl halides is 1. The van der Waals surface area contributed by atoms with E-state index in [0.29, 0.717) is 13.2 Å². The minimum absolute atomic E-state index is 0.0856. The second kappa shape index (κ2) is 6.54. The first-order chi connectivity index (χ1) is 11.5. The molecule has 1 aliphatic heterocycles. The quantitative estimate of drug-likeness (QED) is 0.712. The number of aromatic nitrogens is 2. The lowest BCUT2D eigenvalue weighted by molar-refractivity contribution is 0.0151. The highest BCUT2D eigenvalue weighted by Gasteiger charge is 2.33. The van der Waals surface area contributed by atoms with E-state index in [1.165, 1.54) is 18.2 Å². The van der Waals surface area contributed by atoms with Gasteiger partial charge in [-0.05, 0) is 18.2 Å². The van der Waals surface area contributed by atoms with Crippen LogP contribution in [0.1, 0.15) is 10.4 Å². The smallest absolute Gasteiger partial charge is 0.270 e. The molecule has 9 heteroatoms. The normalized spacial score (nSPS) is 17.4. The largest absolute Gasteiger partial charge is 0.376 e. The van der Waals surface area contributed by atoms with Gasteiger partial charge >= 0.3 is 0 Å². The Morgan fingerprint density at radius 1 is 1.12 bits per heavy atom. The number of nitrogens with one attached hydrogen (secondary N) is 3. The molecule has 128 valence electrons. The van der Waals surface area contributed by atoms with Gasteiger partial charge < -0.3 is 14.8 Å². The predicted molar refractivity (Wildman–Crippen MR) is 83.0 cm³/mol. The van der Waals surface area contributed by atoms with Crippen LogP contribution < -0.4 is 16.4 Å². The van der Waals surface area contributed by atoms with Crippen molar-refractivity contribution in [1.82, 2.24) is 15.5 Å². The third-order valence-electron chi connectivity index (χ3n) is 3.72. The van der Waals surface area contributed by atoms with Gasteiger partial charge in [0.15, 0.2) is 5.67 Å². The summed E-state index contributed by atoms with van der Waals surface area (Å²) < 4.78 is 24.7. The molecule has 1 aromatic carbocycles. The Labute approximate surface area is 134 Å². The lowest BCUT2D eigenvalue weighted by atomic mass is 10.1.